The fourth-order valence-corrected chi connectivity index (χ4v) is 3.32. The highest BCUT2D eigenvalue weighted by Crippen LogP contribution is 2.30. The van der Waals surface area contributed by atoms with E-state index in [4.69, 9.17) is 4.74 Å². The molecule has 2 amide bonds. The number of urea groups is 1. The van der Waals surface area contributed by atoms with Gasteiger partial charge >= 0.3 is 6.03 Å². The Morgan fingerprint density at radius 2 is 1.96 bits per heavy atom. The minimum Gasteiger partial charge on any atom is -0.381 e. The number of nitrogens with zero attached hydrogens (tertiary/aromatic N) is 1. The minimum absolute atomic E-state index is 0.270. The smallest absolute Gasteiger partial charge is 0.317 e. The fourth-order valence-electron chi connectivity index (χ4n) is 3.32. The largest absolute Gasteiger partial charge is 0.381 e. The fraction of sp³-hybridized carbons (Fsp3) is 0.562. The summed E-state index contributed by atoms with van der Waals surface area (Å²) >= 11 is 0. The lowest BCUT2D eigenvalue weighted by Gasteiger charge is -2.20. The number of ether oxygens (including phenoxy) is 1. The quantitative estimate of drug-likeness (QED) is 0.520. The summed E-state index contributed by atoms with van der Waals surface area (Å²) in [5.74, 6) is -5.40. The molecule has 2 aliphatic heterocycles. The highest BCUT2D eigenvalue weighted by Gasteiger charge is 2.33. The molecule has 0 bridgehead atoms. The van der Waals surface area contributed by atoms with Crippen molar-refractivity contribution in [3.63, 3.8) is 0 Å². The van der Waals surface area contributed by atoms with Crippen LogP contribution in [0.4, 0.5) is 22.4 Å². The van der Waals surface area contributed by atoms with E-state index in [-0.39, 0.29) is 6.07 Å². The van der Waals surface area contributed by atoms with Crippen LogP contribution in [0.2, 0.25) is 0 Å². The predicted octanol–water partition coefficient (Wildman–Crippen LogP) is 2.81. The molecule has 1 aromatic carbocycles. The van der Waals surface area contributed by atoms with Crippen LogP contribution in [-0.4, -0.2) is 37.2 Å². The summed E-state index contributed by atoms with van der Waals surface area (Å²) in [4.78, 5) is 13.7. The van der Waals surface area contributed by atoms with E-state index in [1.165, 1.54) is 0 Å². The van der Waals surface area contributed by atoms with Crippen LogP contribution < -0.4 is 5.32 Å². The highest BCUT2D eigenvalue weighted by atomic mass is 19.2. The minimum atomic E-state index is -1.75. The number of amides is 2. The number of carbonyl (C=O) groups is 1. The molecular weight excluding hydrogens is 328 g/mol. The van der Waals surface area contributed by atoms with Gasteiger partial charge in [-0.25, -0.2) is 22.4 Å². The first-order chi connectivity index (χ1) is 11.5. The Hall–Kier alpha value is -1.83. The van der Waals surface area contributed by atoms with Gasteiger partial charge < -0.3 is 15.0 Å². The van der Waals surface area contributed by atoms with E-state index >= 15 is 0 Å². The maximum absolute atomic E-state index is 13.6. The highest BCUT2D eigenvalue weighted by molar-refractivity contribution is 5.74. The molecule has 24 heavy (non-hydrogen) atoms. The Labute approximate surface area is 136 Å². The molecule has 0 saturated carbocycles. The lowest BCUT2D eigenvalue weighted by molar-refractivity contribution is 0.170. The topological polar surface area (TPSA) is 41.6 Å². The number of hydrogen-bond acceptors (Lipinski definition) is 2. The van der Waals surface area contributed by atoms with Gasteiger partial charge in [0, 0.05) is 37.9 Å². The first-order valence-corrected chi connectivity index (χ1v) is 7.89. The van der Waals surface area contributed by atoms with E-state index in [0.717, 1.165) is 19.4 Å². The van der Waals surface area contributed by atoms with Gasteiger partial charge in [0.05, 0.1) is 6.54 Å². The van der Waals surface area contributed by atoms with Gasteiger partial charge in [0.15, 0.2) is 17.5 Å². The van der Waals surface area contributed by atoms with Gasteiger partial charge in [0.1, 0.15) is 5.82 Å². The zero-order chi connectivity index (χ0) is 17.3. The number of nitrogens with one attached hydrogen (secondary N) is 1. The zero-order valence-electron chi connectivity index (χ0n) is 13.0. The van der Waals surface area contributed by atoms with E-state index in [2.05, 4.69) is 5.32 Å². The summed E-state index contributed by atoms with van der Waals surface area (Å²) in [5, 5.41) is 2.37. The molecule has 2 aliphatic rings. The van der Waals surface area contributed by atoms with E-state index in [1.807, 2.05) is 0 Å². The van der Waals surface area contributed by atoms with Gasteiger partial charge in [-0.2, -0.15) is 0 Å². The number of likely N-dealkylation sites (tertiary alicyclic amines) is 1. The van der Waals surface area contributed by atoms with Gasteiger partial charge in [-0.3, -0.25) is 0 Å². The van der Waals surface area contributed by atoms with Crippen molar-refractivity contribution in [2.24, 2.45) is 11.8 Å². The lowest BCUT2D eigenvalue weighted by Crippen LogP contribution is -2.39. The van der Waals surface area contributed by atoms with Crippen LogP contribution in [-0.2, 0) is 11.3 Å². The SMILES string of the molecule is O=C(NCc1c(F)cc(F)c(F)c1F)N1CCC(C2CCOC2)C1. The lowest BCUT2D eigenvalue weighted by atomic mass is 9.91. The molecule has 3 rings (SSSR count). The van der Waals surface area contributed by atoms with Crippen molar-refractivity contribution < 1.29 is 27.1 Å². The Kier molecular flexibility index (Phi) is 4.93. The average Bonchev–Trinajstić information content (AvgIpc) is 3.23. The van der Waals surface area contributed by atoms with E-state index in [9.17, 15) is 22.4 Å². The van der Waals surface area contributed by atoms with E-state index in [0.29, 0.717) is 31.5 Å². The summed E-state index contributed by atoms with van der Waals surface area (Å²) in [6.45, 7) is 2.01. The number of carbonyl (C=O) groups excluding carboxylic acids is 1. The number of hydrogen-bond donors (Lipinski definition) is 1. The Balaban J connectivity index is 1.57. The van der Waals surface area contributed by atoms with Crippen molar-refractivity contribution in [3.05, 3.63) is 34.9 Å². The van der Waals surface area contributed by atoms with Crippen molar-refractivity contribution in [1.82, 2.24) is 10.2 Å². The molecular formula is C16H18F4N2O2. The van der Waals surface area contributed by atoms with Crippen molar-refractivity contribution in [3.8, 4) is 0 Å². The molecule has 4 nitrogen and oxygen atoms in total. The predicted molar refractivity (Wildman–Crippen MR) is 77.1 cm³/mol. The van der Waals surface area contributed by atoms with Crippen LogP contribution in [0.25, 0.3) is 0 Å². The molecule has 2 saturated heterocycles. The van der Waals surface area contributed by atoms with Gasteiger partial charge in [0.25, 0.3) is 0 Å². The number of rotatable bonds is 3. The van der Waals surface area contributed by atoms with Gasteiger partial charge in [-0.05, 0) is 24.7 Å². The maximum atomic E-state index is 13.6. The van der Waals surface area contributed by atoms with Crippen LogP contribution in [0.15, 0.2) is 6.07 Å². The molecule has 1 aromatic rings. The Morgan fingerprint density at radius 3 is 2.67 bits per heavy atom. The van der Waals surface area contributed by atoms with Crippen molar-refractivity contribution >= 4 is 6.03 Å². The molecule has 2 fully saturated rings. The van der Waals surface area contributed by atoms with Crippen LogP contribution in [0.3, 0.4) is 0 Å². The summed E-state index contributed by atoms with van der Waals surface area (Å²) in [6.07, 6.45) is 1.83. The second-order valence-electron chi connectivity index (χ2n) is 6.22. The van der Waals surface area contributed by atoms with Gasteiger partial charge in [-0.15, -0.1) is 0 Å². The molecule has 2 atom stereocenters. The standard InChI is InChI=1S/C16H18F4N2O2/c17-12-5-13(18)15(20)14(19)11(12)6-21-16(23)22-3-1-9(7-22)10-2-4-24-8-10/h5,9-10H,1-4,6-8H2,(H,21,23). The zero-order valence-corrected chi connectivity index (χ0v) is 13.0. The number of halogens is 4. The molecule has 0 aromatic heterocycles. The van der Waals surface area contributed by atoms with Crippen LogP contribution >= 0.6 is 0 Å². The van der Waals surface area contributed by atoms with E-state index in [1.54, 1.807) is 4.90 Å². The third kappa shape index (κ3) is 3.33. The Bertz CT molecular complexity index is 635. The third-order valence-corrected chi connectivity index (χ3v) is 4.77. The maximum Gasteiger partial charge on any atom is 0.317 e. The Morgan fingerprint density at radius 1 is 1.17 bits per heavy atom. The summed E-state index contributed by atoms with van der Waals surface area (Å²) < 4.78 is 58.6. The summed E-state index contributed by atoms with van der Waals surface area (Å²) in [6, 6.07) is -0.203. The molecule has 2 heterocycles. The van der Waals surface area contributed by atoms with Gasteiger partial charge in [0.2, 0.25) is 0 Å². The summed E-state index contributed by atoms with van der Waals surface area (Å²) in [5.41, 5.74) is -0.692. The van der Waals surface area contributed by atoms with E-state index < -0.39 is 41.4 Å². The van der Waals surface area contributed by atoms with Gasteiger partial charge in [-0.1, -0.05) is 0 Å². The number of benzene rings is 1. The molecule has 1 N–H and O–H groups in total. The van der Waals surface area contributed by atoms with Crippen LogP contribution in [0.1, 0.15) is 18.4 Å². The molecule has 2 unspecified atom stereocenters. The first kappa shape index (κ1) is 17.0. The molecule has 8 heteroatoms. The van der Waals surface area contributed by atoms with Crippen molar-refractivity contribution in [2.45, 2.75) is 19.4 Å². The normalized spacial score (nSPS) is 23.8. The molecule has 132 valence electrons. The molecule has 0 aliphatic carbocycles. The monoisotopic (exact) mass is 346 g/mol. The summed E-state index contributed by atoms with van der Waals surface area (Å²) in [7, 11) is 0. The van der Waals surface area contributed by atoms with Crippen LogP contribution in [0.5, 0.6) is 0 Å². The van der Waals surface area contributed by atoms with Crippen molar-refractivity contribution in [1.29, 1.82) is 0 Å². The first-order valence-electron chi connectivity index (χ1n) is 7.89. The van der Waals surface area contributed by atoms with Crippen LogP contribution in [0, 0.1) is 35.1 Å². The average molecular weight is 346 g/mol. The molecule has 0 radical (unpaired) electrons. The second kappa shape index (κ2) is 6.96. The third-order valence-electron chi connectivity index (χ3n) is 4.77. The molecule has 0 spiro atoms. The van der Waals surface area contributed by atoms with Crippen molar-refractivity contribution in [2.75, 3.05) is 26.3 Å². The second-order valence-corrected chi connectivity index (χ2v) is 6.22.